The molecule has 2 aliphatic heterocycles. The Morgan fingerprint density at radius 2 is 2.30 bits per heavy atom. The van der Waals surface area contributed by atoms with Gasteiger partial charge < -0.3 is 25.1 Å². The fourth-order valence-electron chi connectivity index (χ4n) is 3.75. The number of nitrogens with one attached hydrogen (secondary N) is 1. The maximum Gasteiger partial charge on any atom is 0.347 e. The molecule has 0 radical (unpaired) electrons. The van der Waals surface area contributed by atoms with Crippen LogP contribution >= 0.6 is 0 Å². The lowest BCUT2D eigenvalue weighted by Crippen LogP contribution is -2.41. The summed E-state index contributed by atoms with van der Waals surface area (Å²) < 4.78 is 11.0. The minimum absolute atomic E-state index is 0.0130. The largest absolute Gasteiger partial charge is 0.462 e. The average Bonchev–Trinajstić information content (AvgIpc) is 3.30. The molecule has 156 valence electrons. The van der Waals surface area contributed by atoms with E-state index in [2.05, 4.69) is 9.97 Å². The van der Waals surface area contributed by atoms with Crippen LogP contribution in [0.15, 0.2) is 41.7 Å². The van der Waals surface area contributed by atoms with Gasteiger partial charge in [0.1, 0.15) is 5.65 Å². The molecule has 1 fully saturated rings. The molecule has 1 amide bonds. The van der Waals surface area contributed by atoms with Crippen molar-refractivity contribution in [1.29, 1.82) is 0 Å². The summed E-state index contributed by atoms with van der Waals surface area (Å²) in [6.07, 6.45) is 6.31. The van der Waals surface area contributed by atoms with Crippen LogP contribution in [0.5, 0.6) is 0 Å². The third-order valence-corrected chi connectivity index (χ3v) is 5.23. The molecule has 1 saturated heterocycles. The van der Waals surface area contributed by atoms with Crippen molar-refractivity contribution in [1.82, 2.24) is 14.9 Å². The summed E-state index contributed by atoms with van der Waals surface area (Å²) in [4.78, 5) is 46.2. The van der Waals surface area contributed by atoms with Crippen molar-refractivity contribution >= 4 is 34.8 Å². The highest BCUT2D eigenvalue weighted by molar-refractivity contribution is 6.26. The number of ketones is 1. The summed E-state index contributed by atoms with van der Waals surface area (Å²) in [6, 6.07) is 3.66. The van der Waals surface area contributed by atoms with Gasteiger partial charge in [-0.05, 0) is 38.0 Å². The molecule has 0 bridgehead atoms. The third-order valence-electron chi connectivity index (χ3n) is 5.23. The molecule has 30 heavy (non-hydrogen) atoms. The number of hydrogen-bond acceptors (Lipinski definition) is 7. The number of amides is 1. The van der Waals surface area contributed by atoms with Gasteiger partial charge in [-0.2, -0.15) is 0 Å². The molecule has 4 heterocycles. The SMILES string of the molecule is CCOC(=O)C1=C(N2CCCC(C(N)=O)C2)O/C(=C\c2c[nH]c3ncccc23)C1=O. The molecule has 2 aliphatic rings. The van der Waals surface area contributed by atoms with Crippen LogP contribution in [0.2, 0.25) is 0 Å². The number of pyridine rings is 1. The Bertz CT molecular complexity index is 1080. The second-order valence-electron chi connectivity index (χ2n) is 7.17. The zero-order valence-electron chi connectivity index (χ0n) is 16.5. The average molecular weight is 410 g/mol. The van der Waals surface area contributed by atoms with Crippen molar-refractivity contribution in [3.8, 4) is 0 Å². The number of carbonyl (C=O) groups is 3. The number of rotatable bonds is 5. The monoisotopic (exact) mass is 410 g/mol. The molecule has 1 unspecified atom stereocenters. The first-order valence-electron chi connectivity index (χ1n) is 9.81. The van der Waals surface area contributed by atoms with E-state index in [1.165, 1.54) is 0 Å². The maximum atomic E-state index is 13.1. The molecular weight excluding hydrogens is 388 g/mol. The van der Waals surface area contributed by atoms with Gasteiger partial charge in [-0.15, -0.1) is 0 Å². The predicted molar refractivity (Wildman–Crippen MR) is 107 cm³/mol. The quantitative estimate of drug-likeness (QED) is 0.434. The van der Waals surface area contributed by atoms with Gasteiger partial charge in [-0.1, -0.05) is 0 Å². The molecule has 9 nitrogen and oxygen atoms in total. The Morgan fingerprint density at radius 3 is 3.07 bits per heavy atom. The molecule has 4 rings (SSSR count). The fourth-order valence-corrected chi connectivity index (χ4v) is 3.75. The molecular formula is C21H22N4O5. The smallest absolute Gasteiger partial charge is 0.347 e. The molecule has 0 saturated carbocycles. The van der Waals surface area contributed by atoms with Gasteiger partial charge in [0.05, 0.1) is 12.5 Å². The minimum Gasteiger partial charge on any atom is -0.462 e. The number of Topliss-reactive ketones (excluding diaryl/α,β-unsaturated/α-hetero) is 1. The number of carbonyl (C=O) groups excluding carboxylic acids is 3. The number of hydrogen-bond donors (Lipinski definition) is 2. The number of allylic oxidation sites excluding steroid dienone is 1. The minimum atomic E-state index is -0.748. The number of nitrogens with two attached hydrogens (primary N) is 1. The van der Waals surface area contributed by atoms with Crippen LogP contribution in [0.3, 0.4) is 0 Å². The second kappa shape index (κ2) is 8.02. The Kier molecular flexibility index (Phi) is 5.26. The van der Waals surface area contributed by atoms with Gasteiger partial charge in [0.15, 0.2) is 11.3 Å². The van der Waals surface area contributed by atoms with Gasteiger partial charge in [0, 0.05) is 36.4 Å². The van der Waals surface area contributed by atoms with Crippen molar-refractivity contribution in [2.24, 2.45) is 11.7 Å². The highest BCUT2D eigenvalue weighted by Gasteiger charge is 2.41. The Hall–Kier alpha value is -3.62. The summed E-state index contributed by atoms with van der Waals surface area (Å²) in [7, 11) is 0. The van der Waals surface area contributed by atoms with Crippen molar-refractivity contribution in [2.45, 2.75) is 19.8 Å². The number of esters is 1. The van der Waals surface area contributed by atoms with E-state index in [-0.39, 0.29) is 36.3 Å². The second-order valence-corrected chi connectivity index (χ2v) is 7.17. The zero-order valence-corrected chi connectivity index (χ0v) is 16.5. The van der Waals surface area contributed by atoms with Gasteiger partial charge in [-0.3, -0.25) is 9.59 Å². The molecule has 0 aliphatic carbocycles. The van der Waals surface area contributed by atoms with Crippen LogP contribution < -0.4 is 5.73 Å². The summed E-state index contributed by atoms with van der Waals surface area (Å²) in [5, 5.41) is 0.819. The Labute approximate surface area is 172 Å². The highest BCUT2D eigenvalue weighted by Crippen LogP contribution is 2.33. The number of piperidine rings is 1. The van der Waals surface area contributed by atoms with E-state index in [0.29, 0.717) is 30.6 Å². The van der Waals surface area contributed by atoms with Crippen LogP contribution in [0.1, 0.15) is 25.3 Å². The van der Waals surface area contributed by atoms with E-state index in [1.54, 1.807) is 36.4 Å². The lowest BCUT2D eigenvalue weighted by atomic mass is 9.97. The number of H-pyrrole nitrogens is 1. The molecule has 0 aromatic carbocycles. The summed E-state index contributed by atoms with van der Waals surface area (Å²) in [6.45, 7) is 2.61. The standard InChI is InChI=1S/C21H22N4O5/c1-2-29-21(28)16-17(26)15(9-13-10-24-19-14(13)6-3-7-23-19)30-20(16)25-8-4-5-12(11-25)18(22)27/h3,6-7,9-10,12H,2,4-5,8,11H2,1H3,(H2,22,27)(H,23,24)/b15-9-. The van der Waals surface area contributed by atoms with Gasteiger partial charge in [0.25, 0.3) is 0 Å². The molecule has 2 aromatic rings. The lowest BCUT2D eigenvalue weighted by molar-refractivity contribution is -0.139. The van der Waals surface area contributed by atoms with E-state index < -0.39 is 17.7 Å². The normalized spacial score (nSPS) is 20.7. The predicted octanol–water partition coefficient (Wildman–Crippen LogP) is 1.48. The van der Waals surface area contributed by atoms with Crippen molar-refractivity contribution in [3.05, 3.63) is 47.3 Å². The van der Waals surface area contributed by atoms with E-state index in [9.17, 15) is 14.4 Å². The van der Waals surface area contributed by atoms with Crippen LogP contribution in [0, 0.1) is 5.92 Å². The van der Waals surface area contributed by atoms with Crippen molar-refractivity contribution < 1.29 is 23.9 Å². The number of fused-ring (bicyclic) bond motifs is 1. The number of aromatic amines is 1. The first-order valence-corrected chi connectivity index (χ1v) is 9.81. The van der Waals surface area contributed by atoms with E-state index in [1.807, 2.05) is 6.07 Å². The zero-order chi connectivity index (χ0) is 21.3. The van der Waals surface area contributed by atoms with Gasteiger partial charge in [-0.25, -0.2) is 9.78 Å². The van der Waals surface area contributed by atoms with Crippen molar-refractivity contribution in [3.63, 3.8) is 0 Å². The number of ether oxygens (including phenoxy) is 2. The van der Waals surface area contributed by atoms with Crippen molar-refractivity contribution in [2.75, 3.05) is 19.7 Å². The van der Waals surface area contributed by atoms with E-state index in [4.69, 9.17) is 15.2 Å². The molecule has 3 N–H and O–H groups in total. The fraction of sp³-hybridized carbons (Fsp3) is 0.333. The van der Waals surface area contributed by atoms with Gasteiger partial charge in [0.2, 0.25) is 17.6 Å². The Balaban J connectivity index is 1.70. The summed E-state index contributed by atoms with van der Waals surface area (Å²) in [5.41, 5.74) is 6.69. The maximum absolute atomic E-state index is 13.1. The molecule has 2 aromatic heterocycles. The number of likely N-dealkylation sites (tertiary alicyclic amines) is 1. The number of aromatic nitrogens is 2. The highest BCUT2D eigenvalue weighted by atomic mass is 16.5. The third kappa shape index (κ3) is 3.54. The van der Waals surface area contributed by atoms with Crippen LogP contribution in [0.4, 0.5) is 0 Å². The van der Waals surface area contributed by atoms with E-state index >= 15 is 0 Å². The number of nitrogens with zero attached hydrogens (tertiary/aromatic N) is 2. The van der Waals surface area contributed by atoms with Gasteiger partial charge >= 0.3 is 5.97 Å². The molecule has 1 atom stereocenters. The molecule has 0 spiro atoms. The lowest BCUT2D eigenvalue weighted by Gasteiger charge is -2.32. The summed E-state index contributed by atoms with van der Waals surface area (Å²) in [5.74, 6) is -1.95. The first kappa shape index (κ1) is 19.7. The van der Waals surface area contributed by atoms with Crippen LogP contribution in [-0.2, 0) is 23.9 Å². The van der Waals surface area contributed by atoms with Crippen LogP contribution in [-0.4, -0.2) is 52.2 Å². The first-order chi connectivity index (χ1) is 14.5. The topological polar surface area (TPSA) is 128 Å². The molecule has 9 heteroatoms. The van der Waals surface area contributed by atoms with Crippen LogP contribution in [0.25, 0.3) is 17.1 Å². The number of primary amides is 1. The summed E-state index contributed by atoms with van der Waals surface area (Å²) >= 11 is 0. The Morgan fingerprint density at radius 1 is 1.47 bits per heavy atom. The van der Waals surface area contributed by atoms with E-state index in [0.717, 1.165) is 5.39 Å².